The number of rotatable bonds is 4. The van der Waals surface area contributed by atoms with Gasteiger partial charge < -0.3 is 10.3 Å². The van der Waals surface area contributed by atoms with Crippen LogP contribution in [0.4, 0.5) is 18.9 Å². The first-order valence-corrected chi connectivity index (χ1v) is 9.09. The number of alkyl halides is 3. The largest absolute Gasteiger partial charge is 0.416 e. The van der Waals surface area contributed by atoms with E-state index in [-0.39, 0.29) is 5.91 Å². The number of amides is 1. The van der Waals surface area contributed by atoms with E-state index in [1.807, 2.05) is 18.2 Å². The molecule has 0 saturated carbocycles. The zero-order chi connectivity index (χ0) is 21.1. The summed E-state index contributed by atoms with van der Waals surface area (Å²) in [5.41, 5.74) is 1.87. The molecule has 150 valence electrons. The normalized spacial score (nSPS) is 11.3. The fourth-order valence-electron chi connectivity index (χ4n) is 3.01. The Labute approximate surface area is 170 Å². The molecule has 0 atom stereocenters. The molecule has 0 aliphatic carbocycles. The van der Waals surface area contributed by atoms with E-state index < -0.39 is 11.7 Å². The lowest BCUT2D eigenvalue weighted by Gasteiger charge is -2.07. The molecule has 1 heterocycles. The first-order valence-electron chi connectivity index (χ1n) is 9.09. The van der Waals surface area contributed by atoms with Crippen LogP contribution in [0.25, 0.3) is 22.6 Å². The number of nitrogens with one attached hydrogen (secondary N) is 2. The van der Waals surface area contributed by atoms with Gasteiger partial charge in [0.25, 0.3) is 5.91 Å². The maximum absolute atomic E-state index is 13.0. The molecule has 0 aliphatic rings. The van der Waals surface area contributed by atoms with Gasteiger partial charge in [0.15, 0.2) is 0 Å². The first-order chi connectivity index (χ1) is 14.4. The molecule has 1 aromatic heterocycles. The SMILES string of the molecule is O=C(Nc1ccccc1)c1cccc(-c2ncc(-c3cccc(C(F)(F)F)c3)[nH]2)c1. The van der Waals surface area contributed by atoms with Crippen LogP contribution in [-0.4, -0.2) is 15.9 Å². The summed E-state index contributed by atoms with van der Waals surface area (Å²) in [7, 11) is 0. The maximum atomic E-state index is 13.0. The van der Waals surface area contributed by atoms with E-state index in [0.717, 1.165) is 12.1 Å². The number of anilines is 1. The van der Waals surface area contributed by atoms with E-state index >= 15 is 0 Å². The molecule has 0 bridgehead atoms. The number of para-hydroxylation sites is 1. The lowest BCUT2D eigenvalue weighted by atomic mass is 10.1. The Morgan fingerprint density at radius 1 is 0.867 bits per heavy atom. The lowest BCUT2D eigenvalue weighted by Crippen LogP contribution is -2.11. The number of carbonyl (C=O) groups excluding carboxylic acids is 1. The number of halogens is 3. The number of aromatic amines is 1. The van der Waals surface area contributed by atoms with Crippen LogP contribution in [-0.2, 0) is 6.18 Å². The summed E-state index contributed by atoms with van der Waals surface area (Å²) in [5, 5.41) is 2.81. The Balaban J connectivity index is 1.58. The number of H-pyrrole nitrogens is 1. The molecule has 2 N–H and O–H groups in total. The van der Waals surface area contributed by atoms with Crippen LogP contribution < -0.4 is 5.32 Å². The zero-order valence-electron chi connectivity index (χ0n) is 15.6. The number of carbonyl (C=O) groups is 1. The van der Waals surface area contributed by atoms with Gasteiger partial charge in [0.1, 0.15) is 5.82 Å². The van der Waals surface area contributed by atoms with Gasteiger partial charge >= 0.3 is 6.18 Å². The highest BCUT2D eigenvalue weighted by Gasteiger charge is 2.30. The van der Waals surface area contributed by atoms with Gasteiger partial charge in [-0.1, -0.05) is 42.5 Å². The van der Waals surface area contributed by atoms with Crippen molar-refractivity contribution < 1.29 is 18.0 Å². The third kappa shape index (κ3) is 4.25. The van der Waals surface area contributed by atoms with E-state index in [1.165, 1.54) is 12.3 Å². The molecular weight excluding hydrogens is 391 g/mol. The van der Waals surface area contributed by atoms with Gasteiger partial charge in [0, 0.05) is 22.4 Å². The third-order valence-corrected chi connectivity index (χ3v) is 4.51. The average molecular weight is 407 g/mol. The molecule has 0 unspecified atom stereocenters. The molecule has 4 rings (SSSR count). The molecule has 0 aliphatic heterocycles. The fraction of sp³-hybridized carbons (Fsp3) is 0.0435. The summed E-state index contributed by atoms with van der Waals surface area (Å²) in [6, 6.07) is 21.0. The number of benzene rings is 3. The molecule has 1 amide bonds. The van der Waals surface area contributed by atoms with Gasteiger partial charge in [0.05, 0.1) is 17.5 Å². The standard InChI is InChI=1S/C23H16F3N3O/c24-23(25,26)18-9-5-6-15(13-18)20-14-27-21(29-20)16-7-4-8-17(12-16)22(30)28-19-10-2-1-3-11-19/h1-14H,(H,27,29)(H,28,30). The third-order valence-electron chi connectivity index (χ3n) is 4.51. The van der Waals surface area contributed by atoms with Crippen LogP contribution in [0.2, 0.25) is 0 Å². The predicted octanol–water partition coefficient (Wildman–Crippen LogP) is 6.01. The molecule has 3 aromatic carbocycles. The Morgan fingerprint density at radius 3 is 2.37 bits per heavy atom. The Hall–Kier alpha value is -3.87. The number of nitrogens with zero attached hydrogens (tertiary/aromatic N) is 1. The van der Waals surface area contributed by atoms with Crippen LogP contribution >= 0.6 is 0 Å². The molecule has 0 saturated heterocycles. The van der Waals surface area contributed by atoms with Crippen LogP contribution in [0, 0.1) is 0 Å². The summed E-state index contributed by atoms with van der Waals surface area (Å²) < 4.78 is 38.9. The van der Waals surface area contributed by atoms with Gasteiger partial charge in [-0.2, -0.15) is 13.2 Å². The molecule has 4 aromatic rings. The smallest absolute Gasteiger partial charge is 0.338 e. The van der Waals surface area contributed by atoms with E-state index in [0.29, 0.717) is 33.9 Å². The lowest BCUT2D eigenvalue weighted by molar-refractivity contribution is -0.137. The predicted molar refractivity (Wildman–Crippen MR) is 109 cm³/mol. The van der Waals surface area contributed by atoms with Crippen LogP contribution in [0.5, 0.6) is 0 Å². The van der Waals surface area contributed by atoms with Crippen molar-refractivity contribution in [3.05, 3.63) is 96.2 Å². The van der Waals surface area contributed by atoms with E-state index in [2.05, 4.69) is 15.3 Å². The van der Waals surface area contributed by atoms with E-state index in [4.69, 9.17) is 0 Å². The first kappa shape index (κ1) is 19.4. The van der Waals surface area contributed by atoms with Gasteiger partial charge in [-0.25, -0.2) is 4.98 Å². The van der Waals surface area contributed by atoms with Crippen molar-refractivity contribution >= 4 is 11.6 Å². The molecular formula is C23H16F3N3O. The van der Waals surface area contributed by atoms with Crippen molar-refractivity contribution in [3.63, 3.8) is 0 Å². The summed E-state index contributed by atoms with van der Waals surface area (Å²) >= 11 is 0. The average Bonchev–Trinajstić information content (AvgIpc) is 3.24. The number of hydrogen-bond acceptors (Lipinski definition) is 2. The van der Waals surface area contributed by atoms with Gasteiger partial charge in [-0.05, 0) is 36.4 Å². The van der Waals surface area contributed by atoms with Crippen molar-refractivity contribution in [2.24, 2.45) is 0 Å². The quantitative estimate of drug-likeness (QED) is 0.435. The second-order valence-corrected chi connectivity index (χ2v) is 6.62. The Morgan fingerprint density at radius 2 is 1.60 bits per heavy atom. The minimum atomic E-state index is -4.42. The van der Waals surface area contributed by atoms with Crippen molar-refractivity contribution in [3.8, 4) is 22.6 Å². The van der Waals surface area contributed by atoms with Crippen molar-refractivity contribution in [2.75, 3.05) is 5.32 Å². The maximum Gasteiger partial charge on any atom is 0.416 e. The second-order valence-electron chi connectivity index (χ2n) is 6.62. The topological polar surface area (TPSA) is 57.8 Å². The van der Waals surface area contributed by atoms with Crippen LogP contribution in [0.1, 0.15) is 15.9 Å². The van der Waals surface area contributed by atoms with Crippen molar-refractivity contribution in [1.82, 2.24) is 9.97 Å². The summed E-state index contributed by atoms with van der Waals surface area (Å²) in [4.78, 5) is 19.8. The number of imidazole rings is 1. The monoisotopic (exact) mass is 407 g/mol. The van der Waals surface area contributed by atoms with Gasteiger partial charge in [-0.15, -0.1) is 0 Å². The minimum absolute atomic E-state index is 0.271. The Bertz CT molecular complexity index is 1180. The zero-order valence-corrected chi connectivity index (χ0v) is 15.6. The summed E-state index contributed by atoms with van der Waals surface area (Å²) in [6.07, 6.45) is -2.94. The highest BCUT2D eigenvalue weighted by atomic mass is 19.4. The van der Waals surface area contributed by atoms with E-state index in [1.54, 1.807) is 42.5 Å². The number of hydrogen-bond donors (Lipinski definition) is 2. The molecule has 0 spiro atoms. The van der Waals surface area contributed by atoms with Gasteiger partial charge in [-0.3, -0.25) is 4.79 Å². The Kier molecular flexibility index (Phi) is 5.10. The second kappa shape index (κ2) is 7.87. The van der Waals surface area contributed by atoms with E-state index in [9.17, 15) is 18.0 Å². The van der Waals surface area contributed by atoms with Crippen molar-refractivity contribution in [1.29, 1.82) is 0 Å². The molecule has 0 fully saturated rings. The highest BCUT2D eigenvalue weighted by Crippen LogP contribution is 2.32. The summed E-state index contributed by atoms with van der Waals surface area (Å²) in [6.45, 7) is 0. The highest BCUT2D eigenvalue weighted by molar-refractivity contribution is 6.04. The van der Waals surface area contributed by atoms with Crippen LogP contribution in [0.3, 0.4) is 0 Å². The molecule has 7 heteroatoms. The number of aromatic nitrogens is 2. The molecule has 0 radical (unpaired) electrons. The summed E-state index contributed by atoms with van der Waals surface area (Å²) in [5.74, 6) is 0.185. The molecule has 4 nitrogen and oxygen atoms in total. The van der Waals surface area contributed by atoms with Crippen molar-refractivity contribution in [2.45, 2.75) is 6.18 Å². The van der Waals surface area contributed by atoms with Crippen LogP contribution in [0.15, 0.2) is 85.1 Å². The minimum Gasteiger partial charge on any atom is -0.338 e. The fourth-order valence-corrected chi connectivity index (χ4v) is 3.01. The van der Waals surface area contributed by atoms with Gasteiger partial charge in [0.2, 0.25) is 0 Å². The molecule has 30 heavy (non-hydrogen) atoms.